The maximum absolute atomic E-state index is 14.7. The average Bonchev–Trinajstić information content (AvgIpc) is 3.76. The maximum Gasteiger partial charge on any atom is 0.269 e. The molecule has 3 amide bonds. The van der Waals surface area contributed by atoms with Gasteiger partial charge in [-0.15, -0.1) is 0 Å². The summed E-state index contributed by atoms with van der Waals surface area (Å²) >= 11 is 0. The van der Waals surface area contributed by atoms with Crippen LogP contribution >= 0.6 is 0 Å². The molecule has 2 fully saturated rings. The SMILES string of the molecule is NC(=O)c1nn(CC(=O)N2CC(F)CC2C(=O)Nc2ccc3ccn(C4CCCCO4)c3c2)c2ccc(-c3ccnnc3)cc12. The highest BCUT2D eigenvalue weighted by Crippen LogP contribution is 2.31. The number of carbonyl (C=O) groups is 3. The van der Waals surface area contributed by atoms with Crippen LogP contribution in [0.15, 0.2) is 67.1 Å². The highest BCUT2D eigenvalue weighted by molar-refractivity contribution is 6.05. The number of amides is 3. The van der Waals surface area contributed by atoms with Gasteiger partial charge in [-0.2, -0.15) is 15.3 Å². The van der Waals surface area contributed by atoms with Gasteiger partial charge in [0.1, 0.15) is 25.0 Å². The van der Waals surface area contributed by atoms with Gasteiger partial charge in [0.25, 0.3) is 5.91 Å². The predicted molar refractivity (Wildman–Crippen MR) is 164 cm³/mol. The molecule has 3 aromatic heterocycles. The fraction of sp³-hybridized carbons (Fsp3) is 0.312. The Bertz CT molecular complexity index is 1920. The zero-order valence-corrected chi connectivity index (χ0v) is 24.3. The Morgan fingerprint density at radius 3 is 2.69 bits per heavy atom. The largest absolute Gasteiger partial charge is 0.364 e. The normalized spacial score (nSPS) is 20.1. The summed E-state index contributed by atoms with van der Waals surface area (Å²) in [6, 6.07) is 13.6. The van der Waals surface area contributed by atoms with Crippen LogP contribution in [0.1, 0.15) is 42.4 Å². The predicted octanol–water partition coefficient (Wildman–Crippen LogP) is 3.82. The molecule has 7 rings (SSSR count). The van der Waals surface area contributed by atoms with E-state index in [2.05, 4.69) is 25.2 Å². The van der Waals surface area contributed by atoms with Crippen molar-refractivity contribution in [1.29, 1.82) is 0 Å². The van der Waals surface area contributed by atoms with E-state index in [1.807, 2.05) is 30.5 Å². The molecule has 3 atom stereocenters. The first-order valence-corrected chi connectivity index (χ1v) is 14.9. The minimum atomic E-state index is -1.36. The maximum atomic E-state index is 14.7. The van der Waals surface area contributed by atoms with E-state index in [0.717, 1.165) is 41.3 Å². The Morgan fingerprint density at radius 2 is 1.91 bits per heavy atom. The van der Waals surface area contributed by atoms with Crippen molar-refractivity contribution in [2.24, 2.45) is 5.73 Å². The van der Waals surface area contributed by atoms with Crippen molar-refractivity contribution >= 4 is 45.2 Å². The summed E-state index contributed by atoms with van der Waals surface area (Å²) < 4.78 is 24.1. The van der Waals surface area contributed by atoms with Gasteiger partial charge < -0.3 is 25.3 Å². The molecule has 3 N–H and O–H groups in total. The van der Waals surface area contributed by atoms with Gasteiger partial charge in [0.15, 0.2) is 5.69 Å². The second-order valence-corrected chi connectivity index (χ2v) is 11.4. The molecule has 2 saturated heterocycles. The molecule has 13 heteroatoms. The van der Waals surface area contributed by atoms with Gasteiger partial charge in [0, 0.05) is 35.9 Å². The molecule has 12 nitrogen and oxygen atoms in total. The van der Waals surface area contributed by atoms with Crippen molar-refractivity contribution in [1.82, 2.24) is 29.4 Å². The molecule has 2 aliphatic heterocycles. The molecule has 230 valence electrons. The van der Waals surface area contributed by atoms with Crippen LogP contribution in [0.2, 0.25) is 0 Å². The summed E-state index contributed by atoms with van der Waals surface area (Å²) in [6.45, 7) is 0.176. The highest BCUT2D eigenvalue weighted by Gasteiger charge is 2.40. The number of nitrogens with one attached hydrogen (secondary N) is 1. The number of halogens is 1. The van der Waals surface area contributed by atoms with E-state index >= 15 is 0 Å². The molecule has 2 aromatic carbocycles. The van der Waals surface area contributed by atoms with Gasteiger partial charge in [-0.25, -0.2) is 4.39 Å². The van der Waals surface area contributed by atoms with Crippen molar-refractivity contribution in [3.05, 3.63) is 72.8 Å². The van der Waals surface area contributed by atoms with E-state index in [1.165, 1.54) is 9.58 Å². The first kappa shape index (κ1) is 28.6. The second kappa shape index (κ2) is 11.7. The van der Waals surface area contributed by atoms with Crippen molar-refractivity contribution in [3.63, 3.8) is 0 Å². The quantitative estimate of drug-likeness (QED) is 0.284. The number of hydrogen-bond acceptors (Lipinski definition) is 7. The number of likely N-dealkylation sites (tertiary alicyclic amines) is 1. The summed E-state index contributed by atoms with van der Waals surface area (Å²) in [5, 5.41) is 16.4. The number of nitrogens with two attached hydrogens (primary N) is 1. The summed E-state index contributed by atoms with van der Waals surface area (Å²) in [7, 11) is 0. The Morgan fingerprint density at radius 1 is 1.02 bits per heavy atom. The third-order valence-corrected chi connectivity index (χ3v) is 8.52. The zero-order chi connectivity index (χ0) is 31.1. The Hall–Kier alpha value is -5.17. The molecule has 2 aliphatic rings. The van der Waals surface area contributed by atoms with Gasteiger partial charge in [-0.05, 0) is 66.6 Å². The fourth-order valence-electron chi connectivity index (χ4n) is 6.30. The van der Waals surface area contributed by atoms with Crippen LogP contribution < -0.4 is 11.1 Å². The summed E-state index contributed by atoms with van der Waals surface area (Å²) in [6.07, 6.45) is 6.61. The third kappa shape index (κ3) is 5.50. The van der Waals surface area contributed by atoms with Gasteiger partial charge in [0.2, 0.25) is 11.8 Å². The lowest BCUT2D eigenvalue weighted by atomic mass is 10.0. The number of carbonyl (C=O) groups excluding carboxylic acids is 3. The van der Waals surface area contributed by atoms with E-state index in [1.54, 1.807) is 36.7 Å². The van der Waals surface area contributed by atoms with Crippen molar-refractivity contribution < 1.29 is 23.5 Å². The molecule has 0 aliphatic carbocycles. The number of primary amides is 1. The molecule has 5 aromatic rings. The number of aromatic nitrogens is 5. The number of rotatable bonds is 7. The second-order valence-electron chi connectivity index (χ2n) is 11.4. The summed E-state index contributed by atoms with van der Waals surface area (Å²) in [5.74, 6) is -1.73. The van der Waals surface area contributed by atoms with Crippen LogP contribution in [0, 0.1) is 0 Å². The van der Waals surface area contributed by atoms with Crippen LogP contribution in [-0.4, -0.2) is 72.5 Å². The van der Waals surface area contributed by atoms with E-state index in [9.17, 15) is 18.8 Å². The molecular formula is C32H31FN8O4. The van der Waals surface area contributed by atoms with Gasteiger partial charge in [-0.3, -0.25) is 19.1 Å². The summed E-state index contributed by atoms with van der Waals surface area (Å²) in [4.78, 5) is 40.5. The van der Waals surface area contributed by atoms with E-state index in [4.69, 9.17) is 10.5 Å². The molecule has 45 heavy (non-hydrogen) atoms. The lowest BCUT2D eigenvalue weighted by Crippen LogP contribution is -2.44. The minimum Gasteiger partial charge on any atom is -0.364 e. The Balaban J connectivity index is 1.11. The molecule has 0 saturated carbocycles. The van der Waals surface area contributed by atoms with Crippen LogP contribution in [-0.2, 0) is 20.9 Å². The molecule has 0 spiro atoms. The standard InChI is InChI=1S/C32H31FN8O4/c33-22-14-27(32(44)37-23-6-4-19-9-11-39(26(19)15-23)29-3-1-2-12-45-29)40(17-22)28(42)18-41-25-7-5-20(21-8-10-35-36-16-21)13-24(25)30(38-41)31(34)43/h4-11,13,15-16,22,27,29H,1-3,12,14,17-18H2,(H2,34,43)(H,37,44). The molecule has 3 unspecified atom stereocenters. The lowest BCUT2D eigenvalue weighted by molar-refractivity contribution is -0.137. The van der Waals surface area contributed by atoms with E-state index in [0.29, 0.717) is 23.2 Å². The fourth-order valence-corrected chi connectivity index (χ4v) is 6.30. The molecule has 0 bridgehead atoms. The molecular weight excluding hydrogens is 579 g/mol. The number of anilines is 1. The molecule has 5 heterocycles. The zero-order valence-electron chi connectivity index (χ0n) is 24.3. The van der Waals surface area contributed by atoms with Crippen molar-refractivity contribution in [2.45, 2.75) is 50.7 Å². The smallest absolute Gasteiger partial charge is 0.269 e. The Labute approximate surface area is 256 Å². The Kier molecular flexibility index (Phi) is 7.45. The monoisotopic (exact) mass is 610 g/mol. The lowest BCUT2D eigenvalue weighted by Gasteiger charge is -2.25. The average molecular weight is 611 g/mol. The van der Waals surface area contributed by atoms with Crippen LogP contribution in [0.25, 0.3) is 32.9 Å². The highest BCUT2D eigenvalue weighted by atomic mass is 19.1. The van der Waals surface area contributed by atoms with Crippen molar-refractivity contribution in [2.75, 3.05) is 18.5 Å². The van der Waals surface area contributed by atoms with Crippen LogP contribution in [0.5, 0.6) is 0 Å². The minimum absolute atomic E-state index is 0.000446. The number of benzene rings is 2. The first-order chi connectivity index (χ1) is 21.9. The first-order valence-electron chi connectivity index (χ1n) is 14.9. The number of nitrogens with zero attached hydrogens (tertiary/aromatic N) is 6. The summed E-state index contributed by atoms with van der Waals surface area (Å²) in [5.41, 5.74) is 9.13. The number of fused-ring (bicyclic) bond motifs is 2. The van der Waals surface area contributed by atoms with Crippen LogP contribution in [0.4, 0.5) is 10.1 Å². The topological polar surface area (TPSA) is 150 Å². The van der Waals surface area contributed by atoms with E-state index in [-0.39, 0.29) is 31.4 Å². The van der Waals surface area contributed by atoms with E-state index < -0.39 is 29.9 Å². The molecule has 0 radical (unpaired) electrons. The van der Waals surface area contributed by atoms with Gasteiger partial charge >= 0.3 is 0 Å². The number of hydrogen-bond donors (Lipinski definition) is 2. The van der Waals surface area contributed by atoms with Crippen LogP contribution in [0.3, 0.4) is 0 Å². The third-order valence-electron chi connectivity index (χ3n) is 8.52. The number of ether oxygens (including phenoxy) is 1. The van der Waals surface area contributed by atoms with Crippen molar-refractivity contribution in [3.8, 4) is 11.1 Å². The van der Waals surface area contributed by atoms with Gasteiger partial charge in [0.05, 0.1) is 30.0 Å². The number of alkyl halides is 1. The van der Waals surface area contributed by atoms with Gasteiger partial charge in [-0.1, -0.05) is 12.1 Å².